The molecular weight excluding hydrogens is 272 g/mol. The Labute approximate surface area is 119 Å². The molecule has 0 atom stereocenters. The Bertz CT molecular complexity index is 775. The molecule has 0 fully saturated rings. The highest BCUT2D eigenvalue weighted by atomic mass is 32.1. The average Bonchev–Trinajstić information content (AvgIpc) is 2.88. The SMILES string of the molecule is O=[N+]([O-])c1cccc(N=Cc2cc3ccccc3s2)c1. The van der Waals surface area contributed by atoms with Gasteiger partial charge in [-0.1, -0.05) is 24.3 Å². The van der Waals surface area contributed by atoms with Crippen molar-refractivity contribution in [1.82, 2.24) is 0 Å². The molecule has 0 bridgehead atoms. The predicted octanol–water partition coefficient (Wildman–Crippen LogP) is 4.56. The molecule has 0 N–H and O–H groups in total. The Morgan fingerprint density at radius 2 is 1.95 bits per heavy atom. The van der Waals surface area contributed by atoms with Gasteiger partial charge in [0.25, 0.3) is 5.69 Å². The summed E-state index contributed by atoms with van der Waals surface area (Å²) in [6.07, 6.45) is 1.74. The molecule has 0 radical (unpaired) electrons. The van der Waals surface area contributed by atoms with Gasteiger partial charge in [0, 0.05) is 27.9 Å². The second kappa shape index (κ2) is 5.22. The van der Waals surface area contributed by atoms with Crippen molar-refractivity contribution >= 4 is 39.0 Å². The van der Waals surface area contributed by atoms with Crippen LogP contribution >= 0.6 is 11.3 Å². The van der Waals surface area contributed by atoms with E-state index in [0.29, 0.717) is 5.69 Å². The summed E-state index contributed by atoms with van der Waals surface area (Å²) in [6, 6.07) is 16.5. The van der Waals surface area contributed by atoms with Gasteiger partial charge in [-0.25, -0.2) is 0 Å². The van der Waals surface area contributed by atoms with E-state index in [4.69, 9.17) is 0 Å². The second-order valence-corrected chi connectivity index (χ2v) is 5.34. The highest BCUT2D eigenvalue weighted by Crippen LogP contribution is 2.25. The summed E-state index contributed by atoms with van der Waals surface area (Å²) < 4.78 is 1.20. The number of benzene rings is 2. The molecule has 98 valence electrons. The lowest BCUT2D eigenvalue weighted by Crippen LogP contribution is -1.86. The zero-order valence-corrected chi connectivity index (χ0v) is 11.2. The van der Waals surface area contributed by atoms with E-state index in [-0.39, 0.29) is 5.69 Å². The topological polar surface area (TPSA) is 55.5 Å². The Morgan fingerprint density at radius 3 is 2.75 bits per heavy atom. The summed E-state index contributed by atoms with van der Waals surface area (Å²) in [6.45, 7) is 0. The van der Waals surface area contributed by atoms with Crippen LogP contribution in [-0.4, -0.2) is 11.1 Å². The van der Waals surface area contributed by atoms with Crippen LogP contribution in [0.25, 0.3) is 10.1 Å². The van der Waals surface area contributed by atoms with Crippen LogP contribution < -0.4 is 0 Å². The largest absolute Gasteiger partial charge is 0.271 e. The van der Waals surface area contributed by atoms with Crippen LogP contribution in [0.3, 0.4) is 0 Å². The van der Waals surface area contributed by atoms with Crippen molar-refractivity contribution < 1.29 is 4.92 Å². The van der Waals surface area contributed by atoms with Gasteiger partial charge in [0.2, 0.25) is 0 Å². The molecule has 5 heteroatoms. The Morgan fingerprint density at radius 1 is 1.10 bits per heavy atom. The van der Waals surface area contributed by atoms with Crippen molar-refractivity contribution in [2.45, 2.75) is 0 Å². The van der Waals surface area contributed by atoms with Crippen molar-refractivity contribution in [3.63, 3.8) is 0 Å². The van der Waals surface area contributed by atoms with E-state index in [1.54, 1.807) is 29.7 Å². The maximum atomic E-state index is 10.7. The summed E-state index contributed by atoms with van der Waals surface area (Å²) in [5.74, 6) is 0. The lowest BCUT2D eigenvalue weighted by atomic mass is 10.2. The fourth-order valence-corrected chi connectivity index (χ4v) is 2.83. The number of nitrogens with zero attached hydrogens (tertiary/aromatic N) is 2. The van der Waals surface area contributed by atoms with E-state index < -0.39 is 4.92 Å². The normalized spacial score (nSPS) is 11.2. The number of hydrogen-bond acceptors (Lipinski definition) is 4. The van der Waals surface area contributed by atoms with Gasteiger partial charge in [-0.3, -0.25) is 15.1 Å². The first kappa shape index (κ1) is 12.5. The van der Waals surface area contributed by atoms with E-state index in [9.17, 15) is 10.1 Å². The number of non-ortho nitro benzene ring substituents is 1. The van der Waals surface area contributed by atoms with Crippen LogP contribution in [0, 0.1) is 10.1 Å². The molecule has 0 aliphatic carbocycles. The van der Waals surface area contributed by atoms with Gasteiger partial charge in [0.15, 0.2) is 0 Å². The van der Waals surface area contributed by atoms with Crippen LogP contribution in [0.1, 0.15) is 4.88 Å². The van der Waals surface area contributed by atoms with Crippen LogP contribution in [0.15, 0.2) is 59.6 Å². The fraction of sp³-hybridized carbons (Fsp3) is 0. The molecule has 1 aromatic heterocycles. The van der Waals surface area contributed by atoms with E-state index in [1.807, 2.05) is 12.1 Å². The maximum absolute atomic E-state index is 10.7. The monoisotopic (exact) mass is 282 g/mol. The summed E-state index contributed by atoms with van der Waals surface area (Å²) in [5, 5.41) is 11.9. The Balaban J connectivity index is 1.89. The molecule has 0 unspecified atom stereocenters. The molecule has 0 saturated heterocycles. The number of aliphatic imine (C=N–C) groups is 1. The standard InChI is InChI=1S/C15H10N2O2S/c18-17(19)13-6-3-5-12(9-13)16-10-14-8-11-4-1-2-7-15(11)20-14/h1-10H. The zero-order chi connectivity index (χ0) is 13.9. The highest BCUT2D eigenvalue weighted by molar-refractivity contribution is 7.20. The molecule has 0 saturated carbocycles. The lowest BCUT2D eigenvalue weighted by Gasteiger charge is -1.93. The minimum Gasteiger partial charge on any atom is -0.258 e. The van der Waals surface area contributed by atoms with Crippen molar-refractivity contribution in [2.75, 3.05) is 0 Å². The van der Waals surface area contributed by atoms with Crippen molar-refractivity contribution in [2.24, 2.45) is 4.99 Å². The van der Waals surface area contributed by atoms with Crippen molar-refractivity contribution in [3.8, 4) is 0 Å². The second-order valence-electron chi connectivity index (χ2n) is 4.22. The number of hydrogen-bond donors (Lipinski definition) is 0. The van der Waals surface area contributed by atoms with Gasteiger partial charge in [0.05, 0.1) is 10.6 Å². The maximum Gasteiger partial charge on any atom is 0.271 e. The van der Waals surface area contributed by atoms with Gasteiger partial charge in [-0.15, -0.1) is 11.3 Å². The molecular formula is C15H10N2O2S. The molecule has 3 aromatic rings. The highest BCUT2D eigenvalue weighted by Gasteiger charge is 2.04. The molecule has 0 aliphatic rings. The lowest BCUT2D eigenvalue weighted by molar-refractivity contribution is -0.384. The van der Waals surface area contributed by atoms with Crippen LogP contribution in [0.4, 0.5) is 11.4 Å². The summed E-state index contributed by atoms with van der Waals surface area (Å²) >= 11 is 1.64. The Kier molecular flexibility index (Phi) is 3.26. The molecule has 1 heterocycles. The van der Waals surface area contributed by atoms with Gasteiger partial charge in [-0.2, -0.15) is 0 Å². The number of thiophene rings is 1. The number of nitro groups is 1. The minimum absolute atomic E-state index is 0.0518. The zero-order valence-electron chi connectivity index (χ0n) is 10.4. The van der Waals surface area contributed by atoms with Crippen molar-refractivity contribution in [3.05, 3.63) is 69.6 Å². The predicted molar refractivity (Wildman–Crippen MR) is 82.2 cm³/mol. The fourth-order valence-electron chi connectivity index (χ4n) is 1.89. The molecule has 2 aromatic carbocycles. The van der Waals surface area contributed by atoms with Gasteiger partial charge in [-0.05, 0) is 23.6 Å². The summed E-state index contributed by atoms with van der Waals surface area (Å²) in [5.41, 5.74) is 0.632. The first-order valence-electron chi connectivity index (χ1n) is 5.99. The van der Waals surface area contributed by atoms with Gasteiger partial charge in [0.1, 0.15) is 0 Å². The number of nitro benzene ring substituents is 1. The van der Waals surface area contributed by atoms with E-state index in [0.717, 1.165) is 4.88 Å². The molecule has 0 aliphatic heterocycles. The van der Waals surface area contributed by atoms with E-state index in [1.165, 1.54) is 22.2 Å². The summed E-state index contributed by atoms with van der Waals surface area (Å²) in [4.78, 5) is 15.6. The van der Waals surface area contributed by atoms with Crippen LogP contribution in [0.2, 0.25) is 0 Å². The third-order valence-electron chi connectivity index (χ3n) is 2.83. The minimum atomic E-state index is -0.418. The number of fused-ring (bicyclic) bond motifs is 1. The van der Waals surface area contributed by atoms with Crippen molar-refractivity contribution in [1.29, 1.82) is 0 Å². The number of rotatable bonds is 3. The molecule has 0 amide bonds. The van der Waals surface area contributed by atoms with Gasteiger partial charge >= 0.3 is 0 Å². The van der Waals surface area contributed by atoms with Crippen LogP contribution in [-0.2, 0) is 0 Å². The average molecular weight is 282 g/mol. The molecule has 0 spiro atoms. The van der Waals surface area contributed by atoms with E-state index in [2.05, 4.69) is 23.2 Å². The van der Waals surface area contributed by atoms with Crippen LogP contribution in [0.5, 0.6) is 0 Å². The third kappa shape index (κ3) is 2.57. The third-order valence-corrected chi connectivity index (χ3v) is 3.88. The first-order valence-corrected chi connectivity index (χ1v) is 6.81. The first-order chi connectivity index (χ1) is 9.72. The molecule has 3 rings (SSSR count). The molecule has 4 nitrogen and oxygen atoms in total. The smallest absolute Gasteiger partial charge is 0.258 e. The van der Waals surface area contributed by atoms with E-state index >= 15 is 0 Å². The quantitative estimate of drug-likeness (QED) is 0.401. The summed E-state index contributed by atoms with van der Waals surface area (Å²) in [7, 11) is 0. The molecule has 20 heavy (non-hydrogen) atoms. The van der Waals surface area contributed by atoms with Gasteiger partial charge < -0.3 is 0 Å². The Hall–Kier alpha value is -2.53.